The van der Waals surface area contributed by atoms with Gasteiger partial charge in [-0.25, -0.2) is 8.42 Å². The largest absolute Gasteiger partial charge is 0.422 e. The van der Waals surface area contributed by atoms with Crippen molar-refractivity contribution in [3.8, 4) is 0 Å². The van der Waals surface area contributed by atoms with Crippen LogP contribution < -0.4 is 0 Å². The quantitative estimate of drug-likeness (QED) is 0.410. The third kappa shape index (κ3) is 2.11. The summed E-state index contributed by atoms with van der Waals surface area (Å²) in [5.74, 6) is -2.85. The average molecular weight is 234 g/mol. The van der Waals surface area contributed by atoms with Gasteiger partial charge in [0.05, 0.1) is 11.5 Å². The SMILES string of the molecule is O=C1CC(=O)OC2(CCS(=O)(=O)CC2)O1. The number of ether oxygens (including phenoxy) is 2. The van der Waals surface area contributed by atoms with Crippen molar-refractivity contribution in [3.05, 3.63) is 0 Å². The molecule has 2 fully saturated rings. The van der Waals surface area contributed by atoms with Crippen LogP contribution in [0.2, 0.25) is 0 Å². The van der Waals surface area contributed by atoms with Crippen LogP contribution in [-0.4, -0.2) is 37.6 Å². The van der Waals surface area contributed by atoms with Crippen molar-refractivity contribution in [2.45, 2.75) is 25.0 Å². The maximum atomic E-state index is 11.2. The third-order valence-corrected chi connectivity index (χ3v) is 4.13. The lowest BCUT2D eigenvalue weighted by atomic mass is 10.1. The van der Waals surface area contributed by atoms with Crippen LogP contribution in [0.3, 0.4) is 0 Å². The van der Waals surface area contributed by atoms with Gasteiger partial charge in [0.1, 0.15) is 6.42 Å². The topological polar surface area (TPSA) is 86.7 Å². The highest BCUT2D eigenvalue weighted by Gasteiger charge is 2.47. The Morgan fingerprint density at radius 3 is 1.93 bits per heavy atom. The molecule has 0 aliphatic carbocycles. The molecule has 84 valence electrons. The van der Waals surface area contributed by atoms with E-state index in [1.54, 1.807) is 0 Å². The molecular weight excluding hydrogens is 224 g/mol. The second-order valence-electron chi connectivity index (χ2n) is 3.69. The summed E-state index contributed by atoms with van der Waals surface area (Å²) in [6.07, 6.45) is -0.325. The van der Waals surface area contributed by atoms with E-state index >= 15 is 0 Å². The Balaban J connectivity index is 2.15. The molecule has 2 saturated heterocycles. The number of carbonyl (C=O) groups excluding carboxylic acids is 2. The molecule has 2 aliphatic heterocycles. The van der Waals surface area contributed by atoms with Crippen LogP contribution in [0, 0.1) is 0 Å². The highest BCUT2D eigenvalue weighted by atomic mass is 32.2. The smallest absolute Gasteiger partial charge is 0.320 e. The molecule has 2 heterocycles. The van der Waals surface area contributed by atoms with E-state index in [4.69, 9.17) is 9.47 Å². The van der Waals surface area contributed by atoms with Crippen molar-refractivity contribution in [1.82, 2.24) is 0 Å². The normalized spacial score (nSPS) is 28.3. The standard InChI is InChI=1S/C8H10O6S/c9-6-5-7(10)14-8(13-6)1-3-15(11,12)4-2-8/h1-5H2. The number of hydrogen-bond acceptors (Lipinski definition) is 6. The molecule has 0 N–H and O–H groups in total. The molecule has 0 amide bonds. The maximum Gasteiger partial charge on any atom is 0.320 e. The first-order chi connectivity index (χ1) is 6.91. The van der Waals surface area contributed by atoms with Gasteiger partial charge >= 0.3 is 11.9 Å². The first-order valence-corrected chi connectivity index (χ1v) is 6.37. The van der Waals surface area contributed by atoms with Gasteiger partial charge in [-0.05, 0) is 0 Å². The molecule has 0 unspecified atom stereocenters. The van der Waals surface area contributed by atoms with Gasteiger partial charge in [-0.3, -0.25) is 9.59 Å². The lowest BCUT2D eigenvalue weighted by Gasteiger charge is -2.37. The summed E-state index contributed by atoms with van der Waals surface area (Å²) in [7, 11) is -3.08. The fourth-order valence-electron chi connectivity index (χ4n) is 1.68. The molecule has 7 heteroatoms. The fraction of sp³-hybridized carbons (Fsp3) is 0.750. The summed E-state index contributed by atoms with van der Waals surface area (Å²) >= 11 is 0. The average Bonchev–Trinajstić information content (AvgIpc) is 2.10. The molecule has 0 atom stereocenters. The van der Waals surface area contributed by atoms with E-state index in [0.29, 0.717) is 0 Å². The van der Waals surface area contributed by atoms with E-state index in [1.807, 2.05) is 0 Å². The summed E-state index contributed by atoms with van der Waals surface area (Å²) < 4.78 is 32.2. The number of esters is 2. The van der Waals surface area contributed by atoms with Crippen molar-refractivity contribution in [2.24, 2.45) is 0 Å². The van der Waals surface area contributed by atoms with Crippen molar-refractivity contribution in [1.29, 1.82) is 0 Å². The molecule has 1 spiro atoms. The van der Waals surface area contributed by atoms with Gasteiger partial charge in [-0.2, -0.15) is 0 Å². The van der Waals surface area contributed by atoms with Crippen LogP contribution in [0.15, 0.2) is 0 Å². The third-order valence-electron chi connectivity index (χ3n) is 2.48. The molecule has 0 saturated carbocycles. The Labute approximate surface area is 86.5 Å². The molecule has 0 aromatic rings. The van der Waals surface area contributed by atoms with Gasteiger partial charge in [0, 0.05) is 12.8 Å². The lowest BCUT2D eigenvalue weighted by Crippen LogP contribution is -2.50. The van der Waals surface area contributed by atoms with Crippen LogP contribution >= 0.6 is 0 Å². The van der Waals surface area contributed by atoms with E-state index in [0.717, 1.165) is 0 Å². The molecule has 2 rings (SSSR count). The summed E-state index contributed by atoms with van der Waals surface area (Å²) in [6.45, 7) is 0. The summed E-state index contributed by atoms with van der Waals surface area (Å²) in [4.78, 5) is 22.1. The van der Waals surface area contributed by atoms with Gasteiger partial charge in [0.25, 0.3) is 5.79 Å². The highest BCUT2D eigenvalue weighted by Crippen LogP contribution is 2.32. The van der Waals surface area contributed by atoms with Crippen LogP contribution in [0.25, 0.3) is 0 Å². The van der Waals surface area contributed by atoms with E-state index in [9.17, 15) is 18.0 Å². The van der Waals surface area contributed by atoms with Crippen molar-refractivity contribution in [2.75, 3.05) is 11.5 Å². The number of sulfone groups is 1. The predicted molar refractivity (Wildman–Crippen MR) is 47.4 cm³/mol. The molecule has 0 aromatic heterocycles. The van der Waals surface area contributed by atoms with Crippen LogP contribution in [-0.2, 0) is 28.9 Å². The Morgan fingerprint density at radius 2 is 1.47 bits per heavy atom. The van der Waals surface area contributed by atoms with Crippen molar-refractivity contribution >= 4 is 21.8 Å². The number of hydrogen-bond donors (Lipinski definition) is 0. The van der Waals surface area contributed by atoms with Gasteiger partial charge in [-0.1, -0.05) is 0 Å². The number of carbonyl (C=O) groups is 2. The van der Waals surface area contributed by atoms with Gasteiger partial charge in [0.15, 0.2) is 9.84 Å². The van der Waals surface area contributed by atoms with E-state index in [-0.39, 0.29) is 24.3 Å². The van der Waals surface area contributed by atoms with E-state index in [1.165, 1.54) is 0 Å². The van der Waals surface area contributed by atoms with Gasteiger partial charge in [0.2, 0.25) is 0 Å². The van der Waals surface area contributed by atoms with Gasteiger partial charge in [-0.15, -0.1) is 0 Å². The zero-order chi connectivity index (χ0) is 11.1. The summed E-state index contributed by atoms with van der Waals surface area (Å²) in [5, 5.41) is 0. The Hall–Kier alpha value is -1.11. The minimum atomic E-state index is -3.08. The molecule has 6 nitrogen and oxygen atoms in total. The first-order valence-electron chi connectivity index (χ1n) is 4.55. The van der Waals surface area contributed by atoms with Crippen LogP contribution in [0.5, 0.6) is 0 Å². The maximum absolute atomic E-state index is 11.2. The van der Waals surface area contributed by atoms with Crippen LogP contribution in [0.4, 0.5) is 0 Å². The first kappa shape index (κ1) is 10.4. The molecule has 15 heavy (non-hydrogen) atoms. The fourth-order valence-corrected chi connectivity index (χ4v) is 3.13. The van der Waals surface area contributed by atoms with E-state index < -0.39 is 34.0 Å². The molecule has 0 radical (unpaired) electrons. The summed E-state index contributed by atoms with van der Waals surface area (Å²) in [6, 6.07) is 0. The molecule has 0 aromatic carbocycles. The lowest BCUT2D eigenvalue weighted by molar-refractivity contribution is -0.246. The second kappa shape index (κ2) is 3.19. The van der Waals surface area contributed by atoms with Gasteiger partial charge < -0.3 is 9.47 Å². The number of rotatable bonds is 0. The minimum Gasteiger partial charge on any atom is -0.422 e. The predicted octanol–water partition coefficient (Wildman–Crippen LogP) is -0.619. The Bertz CT molecular complexity index is 377. The van der Waals surface area contributed by atoms with E-state index in [2.05, 4.69) is 0 Å². The van der Waals surface area contributed by atoms with Crippen molar-refractivity contribution < 1.29 is 27.5 Å². The summed E-state index contributed by atoms with van der Waals surface area (Å²) in [5.41, 5.74) is 0. The monoisotopic (exact) mass is 234 g/mol. The highest BCUT2D eigenvalue weighted by molar-refractivity contribution is 7.91. The zero-order valence-corrected chi connectivity index (χ0v) is 8.71. The van der Waals surface area contributed by atoms with Crippen LogP contribution in [0.1, 0.15) is 19.3 Å². The zero-order valence-electron chi connectivity index (χ0n) is 7.89. The minimum absolute atomic E-state index is 0.0345. The van der Waals surface area contributed by atoms with Crippen molar-refractivity contribution in [3.63, 3.8) is 0 Å². The Kier molecular flexibility index (Phi) is 2.22. The second-order valence-corrected chi connectivity index (χ2v) is 5.99. The molecule has 2 aliphatic rings. The Morgan fingerprint density at radius 1 is 1.00 bits per heavy atom. The molecule has 0 bridgehead atoms. The molecular formula is C8H10O6S.